The summed E-state index contributed by atoms with van der Waals surface area (Å²) in [6, 6.07) is 74.8. The topological polar surface area (TPSA) is 16.4 Å². The van der Waals surface area contributed by atoms with Gasteiger partial charge in [-0.25, -0.2) is 0 Å². The number of hydrogen-bond acceptors (Lipinski definition) is 3. The van der Waals surface area contributed by atoms with Gasteiger partial charge in [0, 0.05) is 49.3 Å². The molecule has 0 saturated carbocycles. The van der Waals surface area contributed by atoms with E-state index in [1.807, 2.05) is 11.8 Å². The van der Waals surface area contributed by atoms with Gasteiger partial charge < -0.3 is 9.32 Å². The Bertz CT molecular complexity index is 3340. The van der Waals surface area contributed by atoms with Crippen LogP contribution in [0.4, 0.5) is 11.4 Å². The van der Waals surface area contributed by atoms with Crippen LogP contribution in [0.15, 0.2) is 239 Å². The van der Waals surface area contributed by atoms with Gasteiger partial charge in [-0.05, 0) is 110 Å². The first-order chi connectivity index (χ1) is 30.2. The first kappa shape index (κ1) is 35.6. The number of anilines is 2. The summed E-state index contributed by atoms with van der Waals surface area (Å²) in [6.07, 6.45) is 6.95. The largest absolute Gasteiger partial charge is 0.455 e. The van der Waals surface area contributed by atoms with Crippen molar-refractivity contribution in [3.05, 3.63) is 236 Å². The molecular formula is C58H39NOS. The molecule has 288 valence electrons. The predicted molar refractivity (Wildman–Crippen MR) is 258 cm³/mol. The van der Waals surface area contributed by atoms with Gasteiger partial charge >= 0.3 is 0 Å². The normalized spacial score (nSPS) is 15.5. The molecule has 2 atom stereocenters. The minimum atomic E-state index is 0.211. The smallest absolute Gasteiger partial charge is 0.143 e. The maximum Gasteiger partial charge on any atom is 0.143 e. The monoisotopic (exact) mass is 797 g/mol. The molecule has 2 unspecified atom stereocenters. The van der Waals surface area contributed by atoms with E-state index in [9.17, 15) is 0 Å². The molecule has 61 heavy (non-hydrogen) atoms. The minimum absolute atomic E-state index is 0.211. The van der Waals surface area contributed by atoms with Gasteiger partial charge in [0.1, 0.15) is 11.2 Å². The number of nitrogens with zero attached hydrogens (tertiary/aromatic N) is 1. The minimum Gasteiger partial charge on any atom is -0.455 e. The number of thioether (sulfide) groups is 1. The van der Waals surface area contributed by atoms with E-state index in [1.165, 1.54) is 54.9 Å². The van der Waals surface area contributed by atoms with Crippen LogP contribution in [0.1, 0.15) is 11.5 Å². The molecule has 12 rings (SSSR count). The summed E-state index contributed by atoms with van der Waals surface area (Å²) >= 11 is 1.97. The van der Waals surface area contributed by atoms with Crippen LogP contribution in [0, 0.1) is 0 Å². The average molecular weight is 798 g/mol. The van der Waals surface area contributed by atoms with Crippen LogP contribution >= 0.6 is 11.8 Å². The van der Waals surface area contributed by atoms with Crippen LogP contribution in [-0.2, 0) is 0 Å². The lowest BCUT2D eigenvalue weighted by Gasteiger charge is -2.35. The zero-order chi connectivity index (χ0) is 40.3. The van der Waals surface area contributed by atoms with Gasteiger partial charge in [0.25, 0.3) is 0 Å². The van der Waals surface area contributed by atoms with E-state index in [0.29, 0.717) is 5.25 Å². The molecule has 1 aromatic heterocycles. The Morgan fingerprint density at radius 3 is 2.03 bits per heavy atom. The number of allylic oxidation sites excluding steroid dienone is 3. The van der Waals surface area contributed by atoms with Gasteiger partial charge in [0.2, 0.25) is 0 Å². The third-order valence-electron chi connectivity index (χ3n) is 12.4. The molecule has 0 spiro atoms. The summed E-state index contributed by atoms with van der Waals surface area (Å²) in [6.45, 7) is 0. The second-order valence-electron chi connectivity index (χ2n) is 15.9. The molecule has 10 aromatic rings. The van der Waals surface area contributed by atoms with E-state index in [2.05, 4.69) is 229 Å². The fourth-order valence-electron chi connectivity index (χ4n) is 9.60. The molecule has 0 radical (unpaired) electrons. The standard InChI is InChI=1S/C58H39NOS/c1-3-14-39(15-4-1)46-34-31-42(37-51(46)40-16-5-2-6-17-40)38-28-32-44(33-29-38)59(52-24-13-27-55-57(52)49-22-9-10-26-54(49)61-55)45-20-11-19-43(36-45)47-23-12-25-53-56(47)50-35-30-41-18-7-8-21-48(41)58(50)60-53/h1-37,55,57H. The number of rotatable bonds is 7. The fourth-order valence-corrected chi connectivity index (χ4v) is 11.0. The molecule has 2 aliphatic rings. The quantitative estimate of drug-likeness (QED) is 0.160. The van der Waals surface area contributed by atoms with Gasteiger partial charge in [-0.3, -0.25) is 0 Å². The fraction of sp³-hybridized carbons (Fsp3) is 0.0345. The van der Waals surface area contributed by atoms with E-state index in [1.54, 1.807) is 0 Å². The summed E-state index contributed by atoms with van der Waals surface area (Å²) < 4.78 is 6.63. The first-order valence-corrected chi connectivity index (χ1v) is 21.9. The highest BCUT2D eigenvalue weighted by atomic mass is 32.2. The molecule has 0 N–H and O–H groups in total. The van der Waals surface area contributed by atoms with Gasteiger partial charge in [0.05, 0.1) is 0 Å². The second-order valence-corrected chi connectivity index (χ2v) is 17.2. The van der Waals surface area contributed by atoms with Gasteiger partial charge in [-0.1, -0.05) is 170 Å². The molecular weight excluding hydrogens is 759 g/mol. The maximum absolute atomic E-state index is 6.63. The molecule has 1 aliphatic carbocycles. The van der Waals surface area contributed by atoms with Crippen molar-refractivity contribution in [2.45, 2.75) is 16.1 Å². The molecule has 2 nitrogen and oxygen atoms in total. The Hall–Kier alpha value is -7.33. The van der Waals surface area contributed by atoms with Crippen molar-refractivity contribution in [2.24, 2.45) is 0 Å². The highest BCUT2D eigenvalue weighted by Crippen LogP contribution is 2.53. The van der Waals surface area contributed by atoms with Crippen molar-refractivity contribution in [1.29, 1.82) is 0 Å². The van der Waals surface area contributed by atoms with Crippen molar-refractivity contribution in [3.8, 4) is 44.5 Å². The lowest BCUT2D eigenvalue weighted by molar-refractivity contribution is 0.673. The highest BCUT2D eigenvalue weighted by Gasteiger charge is 2.38. The number of hydrogen-bond donors (Lipinski definition) is 0. The second kappa shape index (κ2) is 14.7. The summed E-state index contributed by atoms with van der Waals surface area (Å²) in [5.74, 6) is 0.211. The number of fused-ring (bicyclic) bond motifs is 8. The zero-order valence-electron chi connectivity index (χ0n) is 33.3. The van der Waals surface area contributed by atoms with Crippen molar-refractivity contribution in [1.82, 2.24) is 0 Å². The van der Waals surface area contributed by atoms with Gasteiger partial charge in [-0.15, -0.1) is 11.8 Å². The molecule has 0 bridgehead atoms. The van der Waals surface area contributed by atoms with Crippen LogP contribution in [-0.4, -0.2) is 5.25 Å². The molecule has 0 amide bonds. The Kier molecular flexibility index (Phi) is 8.60. The zero-order valence-corrected chi connectivity index (χ0v) is 34.1. The average Bonchev–Trinajstić information content (AvgIpc) is 3.92. The predicted octanol–water partition coefficient (Wildman–Crippen LogP) is 16.3. The molecule has 0 fully saturated rings. The van der Waals surface area contributed by atoms with Crippen molar-refractivity contribution in [2.75, 3.05) is 4.90 Å². The lowest BCUT2D eigenvalue weighted by atomic mass is 9.87. The summed E-state index contributed by atoms with van der Waals surface area (Å²) in [5.41, 5.74) is 16.3. The third-order valence-corrected chi connectivity index (χ3v) is 13.8. The van der Waals surface area contributed by atoms with Crippen LogP contribution < -0.4 is 4.90 Å². The first-order valence-electron chi connectivity index (χ1n) is 21.0. The lowest BCUT2D eigenvalue weighted by Crippen LogP contribution is -2.26. The van der Waals surface area contributed by atoms with Gasteiger partial charge in [0.15, 0.2) is 0 Å². The Morgan fingerprint density at radius 1 is 0.459 bits per heavy atom. The van der Waals surface area contributed by atoms with E-state index in [-0.39, 0.29) is 5.92 Å². The van der Waals surface area contributed by atoms with Crippen molar-refractivity contribution < 1.29 is 4.42 Å². The van der Waals surface area contributed by atoms with Crippen molar-refractivity contribution >= 4 is 55.8 Å². The number of benzene rings is 9. The summed E-state index contributed by atoms with van der Waals surface area (Å²) in [7, 11) is 0. The van der Waals surface area contributed by atoms with Crippen molar-refractivity contribution in [3.63, 3.8) is 0 Å². The molecule has 9 aromatic carbocycles. The Morgan fingerprint density at radius 2 is 1.18 bits per heavy atom. The molecule has 0 saturated heterocycles. The summed E-state index contributed by atoms with van der Waals surface area (Å²) in [4.78, 5) is 3.85. The molecule has 2 heterocycles. The van der Waals surface area contributed by atoms with Gasteiger partial charge in [-0.2, -0.15) is 0 Å². The molecule has 1 aliphatic heterocycles. The molecule has 3 heteroatoms. The van der Waals surface area contributed by atoms with E-state index in [0.717, 1.165) is 49.8 Å². The Labute approximate surface area is 359 Å². The van der Waals surface area contributed by atoms with E-state index in [4.69, 9.17) is 4.42 Å². The SMILES string of the molecule is C1=CC2Sc3ccccc3C2C(N(c2ccc(-c3ccc(-c4ccccc4)c(-c4ccccc4)c3)cc2)c2cccc(-c3cccc4oc5c6ccccc6ccc5c34)c2)=C1. The van der Waals surface area contributed by atoms with Crippen LogP contribution in [0.2, 0.25) is 0 Å². The maximum atomic E-state index is 6.63. The van der Waals surface area contributed by atoms with E-state index >= 15 is 0 Å². The van der Waals surface area contributed by atoms with E-state index < -0.39 is 0 Å². The van der Waals surface area contributed by atoms with Crippen LogP contribution in [0.25, 0.3) is 77.2 Å². The Balaban J connectivity index is 0.991. The highest BCUT2D eigenvalue weighted by molar-refractivity contribution is 8.00. The summed E-state index contributed by atoms with van der Waals surface area (Å²) in [5, 5.41) is 4.92. The third kappa shape index (κ3) is 6.12. The number of furan rings is 1. The van der Waals surface area contributed by atoms with Crippen LogP contribution in [0.3, 0.4) is 0 Å². The van der Waals surface area contributed by atoms with Crippen LogP contribution in [0.5, 0.6) is 0 Å².